The molecule has 1 saturated heterocycles. The van der Waals surface area contributed by atoms with Crippen molar-refractivity contribution >= 4 is 41.0 Å². The fourth-order valence-electron chi connectivity index (χ4n) is 6.42. The van der Waals surface area contributed by atoms with Gasteiger partial charge in [-0.15, -0.1) is 0 Å². The summed E-state index contributed by atoms with van der Waals surface area (Å²) in [6.45, 7) is 4.22. The summed E-state index contributed by atoms with van der Waals surface area (Å²) in [6.07, 6.45) is 3.92. The highest BCUT2D eigenvalue weighted by atomic mass is 35.5. The molecule has 0 saturated carbocycles. The maximum absolute atomic E-state index is 11.8. The smallest absolute Gasteiger partial charge is 0.326 e. The molecule has 14 nitrogen and oxygen atoms in total. The molecule has 1 amide bonds. The van der Waals surface area contributed by atoms with Gasteiger partial charge in [-0.2, -0.15) is 0 Å². The number of nitrogens with one attached hydrogen (secondary N) is 1. The number of nitrogens with zero attached hydrogens (tertiary/aromatic N) is 2. The highest BCUT2D eigenvalue weighted by Gasteiger charge is 2.44. The molecule has 0 spiro atoms. The van der Waals surface area contributed by atoms with Gasteiger partial charge in [-0.25, -0.2) is 0 Å². The van der Waals surface area contributed by atoms with E-state index in [0.717, 1.165) is 22.3 Å². The molecule has 0 radical (unpaired) electrons. The maximum Gasteiger partial charge on any atom is 0.326 e. The van der Waals surface area contributed by atoms with Gasteiger partial charge < -0.3 is 45.3 Å². The first kappa shape index (κ1) is 43.2. The predicted octanol–water partition coefficient (Wildman–Crippen LogP) is 5.08. The summed E-state index contributed by atoms with van der Waals surface area (Å²) in [7, 11) is 0. The van der Waals surface area contributed by atoms with E-state index in [-0.39, 0.29) is 30.3 Å². The Hall–Kier alpha value is -4.96. The minimum atomic E-state index is -1.64. The van der Waals surface area contributed by atoms with Gasteiger partial charge in [0.05, 0.1) is 35.4 Å². The highest BCUT2D eigenvalue weighted by Crippen LogP contribution is 2.39. The quantitative estimate of drug-likeness (QED) is 0.0643. The Kier molecular flexibility index (Phi) is 14.4. The van der Waals surface area contributed by atoms with E-state index in [4.69, 9.17) is 43.1 Å². The average Bonchev–Trinajstić information content (AvgIpc) is 3.63. The number of halogens is 2. The van der Waals surface area contributed by atoms with Gasteiger partial charge in [-0.3, -0.25) is 24.7 Å². The zero-order chi connectivity index (χ0) is 41.3. The molecular formula is C41H46Cl2N4O10. The summed E-state index contributed by atoms with van der Waals surface area (Å²) >= 11 is 13.6. The normalized spacial score (nSPS) is 16.5. The average molecular weight is 826 g/mol. The number of ether oxygens (including phenoxy) is 3. The first-order chi connectivity index (χ1) is 27.2. The highest BCUT2D eigenvalue weighted by molar-refractivity contribution is 6.35. The number of carbonyl (C=O) groups excluding carboxylic acids is 1. The van der Waals surface area contributed by atoms with Crippen LogP contribution in [0.2, 0.25) is 10.0 Å². The monoisotopic (exact) mass is 824 g/mol. The number of benzene rings is 3. The number of aromatic nitrogens is 1. The molecule has 7 N–H and O–H groups in total. The number of aliphatic hydroxyl groups is 2. The van der Waals surface area contributed by atoms with Crippen LogP contribution in [0.1, 0.15) is 52.4 Å². The molecule has 304 valence electrons. The number of aliphatic carboxylic acids is 2. The molecule has 5 rings (SSSR count). The lowest BCUT2D eigenvalue weighted by atomic mass is 9.88. The van der Waals surface area contributed by atoms with Gasteiger partial charge in [0.25, 0.3) is 0 Å². The van der Waals surface area contributed by atoms with Crippen molar-refractivity contribution < 1.29 is 49.0 Å². The second kappa shape index (κ2) is 19.0. The van der Waals surface area contributed by atoms with Crippen LogP contribution in [0.5, 0.6) is 17.2 Å². The number of carboxylic acid groups (broad SMARTS) is 2. The Morgan fingerprint density at radius 2 is 1.68 bits per heavy atom. The minimum Gasteiger partial charge on any atom is -0.492 e. The summed E-state index contributed by atoms with van der Waals surface area (Å²) in [5, 5.41) is 42.1. The molecule has 2 heterocycles. The summed E-state index contributed by atoms with van der Waals surface area (Å²) in [5.74, 6) is -1.74. The van der Waals surface area contributed by atoms with Crippen LogP contribution in [-0.4, -0.2) is 93.1 Å². The van der Waals surface area contributed by atoms with E-state index in [9.17, 15) is 34.8 Å². The fraction of sp³-hybridized carbons (Fsp3) is 0.366. The SMILES string of the molecule is Cc1c(COc2cc(OCc3cncc(C(N)=O)c3)c(CN[C@@](C)(CO)C(=O)O)cc2Cl)cccc1-c1cccc(OCCCN2CCC(CO)(C(=O)O)C2)c1Cl. The zero-order valence-electron chi connectivity index (χ0n) is 31.6. The minimum absolute atomic E-state index is 0.0143. The van der Waals surface area contributed by atoms with E-state index in [1.807, 2.05) is 42.2 Å². The van der Waals surface area contributed by atoms with Crippen LogP contribution in [0.25, 0.3) is 11.1 Å². The zero-order valence-corrected chi connectivity index (χ0v) is 33.1. The van der Waals surface area contributed by atoms with Gasteiger partial charge in [-0.05, 0) is 68.1 Å². The van der Waals surface area contributed by atoms with Gasteiger partial charge >= 0.3 is 11.9 Å². The number of aliphatic hydroxyl groups excluding tert-OH is 2. The second-order valence-corrected chi connectivity index (χ2v) is 15.0. The molecule has 16 heteroatoms. The Morgan fingerprint density at radius 1 is 0.947 bits per heavy atom. The number of likely N-dealkylation sites (tertiary alicyclic amines) is 1. The molecule has 1 aliphatic heterocycles. The van der Waals surface area contributed by atoms with Crippen molar-refractivity contribution in [1.29, 1.82) is 0 Å². The first-order valence-electron chi connectivity index (χ1n) is 18.2. The van der Waals surface area contributed by atoms with Crippen molar-refractivity contribution in [2.24, 2.45) is 11.1 Å². The molecule has 2 atom stereocenters. The van der Waals surface area contributed by atoms with Crippen LogP contribution >= 0.6 is 23.2 Å². The molecule has 1 aromatic heterocycles. The molecule has 4 aromatic rings. The lowest BCUT2D eigenvalue weighted by molar-refractivity contribution is -0.150. The van der Waals surface area contributed by atoms with E-state index in [1.54, 1.807) is 24.3 Å². The summed E-state index contributed by atoms with van der Waals surface area (Å²) < 4.78 is 18.4. The number of hydrogen-bond acceptors (Lipinski definition) is 11. The molecule has 0 bridgehead atoms. The van der Waals surface area contributed by atoms with Crippen LogP contribution in [0.3, 0.4) is 0 Å². The molecule has 3 aromatic carbocycles. The van der Waals surface area contributed by atoms with E-state index >= 15 is 0 Å². The number of amides is 1. The number of primary amides is 1. The molecule has 1 fully saturated rings. The van der Waals surface area contributed by atoms with Gasteiger partial charge in [0.2, 0.25) is 5.91 Å². The Bertz CT molecular complexity index is 2100. The largest absolute Gasteiger partial charge is 0.492 e. The van der Waals surface area contributed by atoms with Crippen molar-refractivity contribution in [2.75, 3.05) is 39.5 Å². The summed E-state index contributed by atoms with van der Waals surface area (Å²) in [6, 6.07) is 16.1. The number of pyridine rings is 1. The topological polar surface area (TPSA) is 214 Å². The van der Waals surface area contributed by atoms with Crippen LogP contribution < -0.4 is 25.3 Å². The summed E-state index contributed by atoms with van der Waals surface area (Å²) in [5.41, 5.74) is 7.30. The predicted molar refractivity (Wildman–Crippen MR) is 213 cm³/mol. The van der Waals surface area contributed by atoms with Gasteiger partial charge in [0, 0.05) is 54.8 Å². The number of carboxylic acids is 2. The number of rotatable bonds is 20. The Labute approximate surface area is 340 Å². The third-order valence-corrected chi connectivity index (χ3v) is 10.9. The van der Waals surface area contributed by atoms with Crippen LogP contribution in [0.4, 0.5) is 0 Å². The van der Waals surface area contributed by atoms with E-state index in [2.05, 4.69) is 10.3 Å². The van der Waals surface area contributed by atoms with Crippen LogP contribution in [0.15, 0.2) is 67.0 Å². The van der Waals surface area contributed by atoms with Crippen LogP contribution in [0, 0.1) is 12.3 Å². The van der Waals surface area contributed by atoms with Crippen molar-refractivity contribution in [2.45, 2.75) is 52.0 Å². The Morgan fingerprint density at radius 3 is 2.37 bits per heavy atom. The van der Waals surface area contributed by atoms with Gasteiger partial charge in [0.15, 0.2) is 0 Å². The second-order valence-electron chi connectivity index (χ2n) is 14.2. The van der Waals surface area contributed by atoms with Gasteiger partial charge in [-0.1, -0.05) is 53.5 Å². The molecular weight excluding hydrogens is 779 g/mol. The third-order valence-electron chi connectivity index (χ3n) is 10.2. The standard InChI is InChI=1S/C41H46Cl2N4O10/c1-25-27(6-3-7-30(25)31-8-4-9-33(36(31)43)55-13-5-11-47-12-10-41(22-47,24-49)39(53)54)21-57-35-16-34(56-20-26-14-29(37(44)50)18-45-17-26)28(15-32(35)42)19-46-40(2,23-48)38(51)52/h3-4,6-9,14-18,46,48-49H,5,10-13,19-24H2,1-2H3,(H2,44,50)(H,51,52)(H,53,54)/t40-,41?/m0/s1. The van der Waals surface area contributed by atoms with Crippen molar-refractivity contribution in [3.8, 4) is 28.4 Å². The number of nitrogens with two attached hydrogens (primary N) is 1. The van der Waals surface area contributed by atoms with Gasteiger partial charge in [0.1, 0.15) is 41.4 Å². The van der Waals surface area contributed by atoms with E-state index in [0.29, 0.717) is 72.5 Å². The van der Waals surface area contributed by atoms with Crippen molar-refractivity contribution in [3.63, 3.8) is 0 Å². The summed E-state index contributed by atoms with van der Waals surface area (Å²) in [4.78, 5) is 41.3. The molecule has 1 aliphatic rings. The lowest BCUT2D eigenvalue weighted by Crippen LogP contribution is -2.52. The number of carbonyl (C=O) groups is 3. The molecule has 1 unspecified atom stereocenters. The first-order valence-corrected chi connectivity index (χ1v) is 18.9. The Balaban J connectivity index is 1.30. The fourth-order valence-corrected chi connectivity index (χ4v) is 6.94. The van der Waals surface area contributed by atoms with E-state index in [1.165, 1.54) is 19.3 Å². The molecule has 0 aliphatic carbocycles. The van der Waals surface area contributed by atoms with Crippen molar-refractivity contribution in [1.82, 2.24) is 15.2 Å². The number of hydrogen-bond donors (Lipinski definition) is 6. The van der Waals surface area contributed by atoms with Crippen molar-refractivity contribution in [3.05, 3.63) is 105 Å². The van der Waals surface area contributed by atoms with E-state index < -0.39 is 42.0 Å². The van der Waals surface area contributed by atoms with Crippen LogP contribution in [-0.2, 0) is 29.3 Å². The third kappa shape index (κ3) is 10.3. The lowest BCUT2D eigenvalue weighted by Gasteiger charge is -2.25. The maximum atomic E-state index is 11.8. The molecule has 57 heavy (non-hydrogen) atoms.